The molecule has 0 aromatic rings. The first-order valence-corrected chi connectivity index (χ1v) is 6.45. The van der Waals surface area contributed by atoms with Gasteiger partial charge in [0.15, 0.2) is 0 Å². The molecule has 0 amide bonds. The van der Waals surface area contributed by atoms with Crippen LogP contribution in [-0.4, -0.2) is 5.25 Å². The summed E-state index contributed by atoms with van der Waals surface area (Å²) in [6.07, 6.45) is 9.01. The zero-order valence-electron chi connectivity index (χ0n) is 8.50. The predicted octanol–water partition coefficient (Wildman–Crippen LogP) is 3.52. The molecule has 13 heavy (non-hydrogen) atoms. The van der Waals surface area contributed by atoms with Gasteiger partial charge in [-0.2, -0.15) is 12.6 Å². The Bertz CT molecular complexity index is 219. The fourth-order valence-corrected chi connectivity index (χ4v) is 4.98. The third-order valence-electron chi connectivity index (χ3n) is 5.19. The van der Waals surface area contributed by atoms with Gasteiger partial charge in [0.2, 0.25) is 0 Å². The highest BCUT2D eigenvalue weighted by atomic mass is 32.1. The lowest BCUT2D eigenvalue weighted by Crippen LogP contribution is -2.42. The van der Waals surface area contributed by atoms with E-state index in [1.807, 2.05) is 0 Å². The minimum Gasteiger partial charge on any atom is -0.175 e. The molecule has 3 fully saturated rings. The number of thiol groups is 1. The first kappa shape index (κ1) is 8.64. The second-order valence-corrected chi connectivity index (χ2v) is 6.24. The van der Waals surface area contributed by atoms with Gasteiger partial charge in [-0.3, -0.25) is 0 Å². The smallest absolute Gasteiger partial charge is 0.00848 e. The fourth-order valence-electron chi connectivity index (χ4n) is 4.22. The van der Waals surface area contributed by atoms with Crippen molar-refractivity contribution in [2.75, 3.05) is 0 Å². The number of hydrogen-bond donors (Lipinski definition) is 1. The molecule has 0 aromatic heterocycles. The average Bonchev–Trinajstić information content (AvgIpc) is 2.63. The molecule has 1 heteroatoms. The largest absolute Gasteiger partial charge is 0.175 e. The third kappa shape index (κ3) is 1.00. The van der Waals surface area contributed by atoms with E-state index in [0.29, 0.717) is 0 Å². The Hall–Kier alpha value is 0.350. The van der Waals surface area contributed by atoms with E-state index < -0.39 is 0 Å². The van der Waals surface area contributed by atoms with Crippen molar-refractivity contribution < 1.29 is 0 Å². The molecule has 4 unspecified atom stereocenters. The molecule has 3 saturated carbocycles. The van der Waals surface area contributed by atoms with E-state index in [1.165, 1.54) is 38.5 Å². The lowest BCUT2D eigenvalue weighted by molar-refractivity contribution is 0.0136. The standard InChI is InChI=1S/C12H20S/c1-8-6-10(9-4-2-3-5-9)12(8)7-11(12)13/h8-11,13H,2-7H2,1H3. The molecular formula is C12H20S. The maximum Gasteiger partial charge on any atom is 0.00848 e. The van der Waals surface area contributed by atoms with Gasteiger partial charge in [0, 0.05) is 5.25 Å². The van der Waals surface area contributed by atoms with Crippen LogP contribution in [0.15, 0.2) is 0 Å². The van der Waals surface area contributed by atoms with E-state index in [0.717, 1.165) is 28.4 Å². The third-order valence-corrected chi connectivity index (χ3v) is 5.85. The Morgan fingerprint density at radius 1 is 1.23 bits per heavy atom. The molecule has 4 atom stereocenters. The van der Waals surface area contributed by atoms with Crippen LogP contribution in [0.4, 0.5) is 0 Å². The summed E-state index contributed by atoms with van der Waals surface area (Å²) < 4.78 is 0. The highest BCUT2D eigenvalue weighted by molar-refractivity contribution is 7.81. The Balaban J connectivity index is 1.73. The van der Waals surface area contributed by atoms with Gasteiger partial charge in [0.05, 0.1) is 0 Å². The van der Waals surface area contributed by atoms with Gasteiger partial charge in [-0.25, -0.2) is 0 Å². The van der Waals surface area contributed by atoms with Crippen LogP contribution in [0.25, 0.3) is 0 Å². The van der Waals surface area contributed by atoms with Crippen molar-refractivity contribution in [1.29, 1.82) is 0 Å². The monoisotopic (exact) mass is 196 g/mol. The Morgan fingerprint density at radius 3 is 2.31 bits per heavy atom. The van der Waals surface area contributed by atoms with Crippen molar-refractivity contribution in [3.8, 4) is 0 Å². The zero-order valence-corrected chi connectivity index (χ0v) is 9.39. The van der Waals surface area contributed by atoms with Gasteiger partial charge in [0.25, 0.3) is 0 Å². The van der Waals surface area contributed by atoms with E-state index in [2.05, 4.69) is 6.92 Å². The zero-order chi connectivity index (χ0) is 9.05. The average molecular weight is 196 g/mol. The molecule has 3 aliphatic carbocycles. The van der Waals surface area contributed by atoms with Crippen molar-refractivity contribution in [3.63, 3.8) is 0 Å². The molecule has 0 aliphatic heterocycles. The molecule has 0 nitrogen and oxygen atoms in total. The van der Waals surface area contributed by atoms with Gasteiger partial charge >= 0.3 is 0 Å². The van der Waals surface area contributed by atoms with E-state index in [-0.39, 0.29) is 0 Å². The highest BCUT2D eigenvalue weighted by Gasteiger charge is 2.67. The summed E-state index contributed by atoms with van der Waals surface area (Å²) in [7, 11) is 0. The summed E-state index contributed by atoms with van der Waals surface area (Å²) in [4.78, 5) is 0. The van der Waals surface area contributed by atoms with Crippen LogP contribution < -0.4 is 0 Å². The van der Waals surface area contributed by atoms with Gasteiger partial charge < -0.3 is 0 Å². The van der Waals surface area contributed by atoms with Crippen LogP contribution in [0.5, 0.6) is 0 Å². The quantitative estimate of drug-likeness (QED) is 0.610. The molecule has 0 aromatic carbocycles. The lowest BCUT2D eigenvalue weighted by atomic mass is 9.57. The summed E-state index contributed by atoms with van der Waals surface area (Å²) in [5.41, 5.74) is 0.734. The van der Waals surface area contributed by atoms with Crippen LogP contribution in [0.1, 0.15) is 45.4 Å². The lowest BCUT2D eigenvalue weighted by Gasteiger charge is -2.48. The molecular weight excluding hydrogens is 176 g/mol. The van der Waals surface area contributed by atoms with Crippen molar-refractivity contribution in [2.24, 2.45) is 23.2 Å². The molecule has 3 aliphatic rings. The molecule has 0 saturated heterocycles. The van der Waals surface area contributed by atoms with Crippen molar-refractivity contribution in [2.45, 2.75) is 50.7 Å². The first-order valence-electron chi connectivity index (χ1n) is 5.93. The summed E-state index contributed by atoms with van der Waals surface area (Å²) in [6, 6.07) is 0. The number of hydrogen-bond acceptors (Lipinski definition) is 1. The molecule has 1 spiro atoms. The predicted molar refractivity (Wildman–Crippen MR) is 59.1 cm³/mol. The van der Waals surface area contributed by atoms with Crippen LogP contribution >= 0.6 is 12.6 Å². The molecule has 0 bridgehead atoms. The molecule has 3 rings (SSSR count). The van der Waals surface area contributed by atoms with Crippen LogP contribution in [0.3, 0.4) is 0 Å². The Labute approximate surface area is 86.9 Å². The second kappa shape index (κ2) is 2.68. The molecule has 0 radical (unpaired) electrons. The Morgan fingerprint density at radius 2 is 1.85 bits per heavy atom. The SMILES string of the molecule is CC1CC(C2CCCC2)C12CC2S. The fraction of sp³-hybridized carbons (Fsp3) is 1.00. The highest BCUT2D eigenvalue weighted by Crippen LogP contribution is 2.72. The van der Waals surface area contributed by atoms with E-state index >= 15 is 0 Å². The first-order chi connectivity index (χ1) is 6.25. The Kier molecular flexibility index (Phi) is 1.78. The van der Waals surface area contributed by atoms with Crippen LogP contribution in [0, 0.1) is 23.2 Å². The van der Waals surface area contributed by atoms with E-state index in [9.17, 15) is 0 Å². The minimum absolute atomic E-state index is 0.734. The van der Waals surface area contributed by atoms with Crippen molar-refractivity contribution in [3.05, 3.63) is 0 Å². The van der Waals surface area contributed by atoms with E-state index in [1.54, 1.807) is 0 Å². The van der Waals surface area contributed by atoms with Crippen LogP contribution in [0.2, 0.25) is 0 Å². The molecule has 0 N–H and O–H groups in total. The molecule has 0 heterocycles. The summed E-state index contributed by atoms with van der Waals surface area (Å²) in [5, 5.41) is 0.766. The topological polar surface area (TPSA) is 0 Å². The van der Waals surface area contributed by atoms with Gasteiger partial charge in [-0.15, -0.1) is 0 Å². The van der Waals surface area contributed by atoms with Crippen LogP contribution in [-0.2, 0) is 0 Å². The van der Waals surface area contributed by atoms with E-state index in [4.69, 9.17) is 12.6 Å². The van der Waals surface area contributed by atoms with Gasteiger partial charge in [0.1, 0.15) is 0 Å². The summed E-state index contributed by atoms with van der Waals surface area (Å²) in [6.45, 7) is 2.45. The van der Waals surface area contributed by atoms with Crippen molar-refractivity contribution in [1.82, 2.24) is 0 Å². The summed E-state index contributed by atoms with van der Waals surface area (Å²) in [5.74, 6) is 3.15. The van der Waals surface area contributed by atoms with Gasteiger partial charge in [-0.05, 0) is 36.0 Å². The normalized spacial score (nSPS) is 55.4. The van der Waals surface area contributed by atoms with Gasteiger partial charge in [-0.1, -0.05) is 32.6 Å². The maximum atomic E-state index is 4.70. The summed E-state index contributed by atoms with van der Waals surface area (Å²) >= 11 is 4.70. The maximum absolute atomic E-state index is 4.70. The van der Waals surface area contributed by atoms with Crippen molar-refractivity contribution >= 4 is 12.6 Å². The minimum atomic E-state index is 0.734. The second-order valence-electron chi connectivity index (χ2n) is 5.62. The molecule has 74 valence electrons. The number of rotatable bonds is 1.